The fourth-order valence-corrected chi connectivity index (χ4v) is 1.76. The number of furan rings is 1. The van der Waals surface area contributed by atoms with Gasteiger partial charge in [-0.05, 0) is 25.1 Å². The van der Waals surface area contributed by atoms with Crippen molar-refractivity contribution >= 4 is 17.7 Å². The summed E-state index contributed by atoms with van der Waals surface area (Å²) in [7, 11) is 0. The summed E-state index contributed by atoms with van der Waals surface area (Å²) in [6.07, 6.45) is 1.35. The number of carbonyl (C=O) groups is 3. The van der Waals surface area contributed by atoms with E-state index >= 15 is 0 Å². The third-order valence-electron chi connectivity index (χ3n) is 2.95. The maximum absolute atomic E-state index is 13.4. The highest BCUT2D eigenvalue weighted by molar-refractivity contribution is 5.98. The summed E-state index contributed by atoms with van der Waals surface area (Å²) < 4.78 is 18.4. The van der Waals surface area contributed by atoms with Crippen molar-refractivity contribution < 1.29 is 23.2 Å². The minimum Gasteiger partial charge on any atom is -0.469 e. The summed E-state index contributed by atoms with van der Waals surface area (Å²) in [5, 5.41) is 2.25. The van der Waals surface area contributed by atoms with Crippen LogP contribution in [0.15, 0.2) is 41.0 Å². The van der Waals surface area contributed by atoms with Gasteiger partial charge < -0.3 is 9.73 Å². The summed E-state index contributed by atoms with van der Waals surface area (Å²) in [4.78, 5) is 35.0. The Morgan fingerprint density at radius 1 is 1.04 bits per heavy atom. The van der Waals surface area contributed by atoms with Gasteiger partial charge in [-0.2, -0.15) is 0 Å². The summed E-state index contributed by atoms with van der Waals surface area (Å²) in [6, 6.07) is 6.85. The zero-order valence-corrected chi connectivity index (χ0v) is 12.2. The van der Waals surface area contributed by atoms with Crippen LogP contribution in [0.1, 0.15) is 26.5 Å². The first-order valence-electron chi connectivity index (χ1n) is 6.65. The van der Waals surface area contributed by atoms with E-state index in [1.165, 1.54) is 30.5 Å². The molecule has 3 amide bonds. The Hall–Kier alpha value is -3.16. The second kappa shape index (κ2) is 7.21. The summed E-state index contributed by atoms with van der Waals surface area (Å²) in [6.45, 7) is 1.18. The molecule has 3 N–H and O–H groups in total. The smallest absolute Gasteiger partial charge is 0.273 e. The van der Waals surface area contributed by atoms with Crippen LogP contribution in [0.3, 0.4) is 0 Å². The molecule has 0 atom stereocenters. The van der Waals surface area contributed by atoms with Gasteiger partial charge in [0.25, 0.3) is 17.7 Å². The predicted molar refractivity (Wildman–Crippen MR) is 77.8 cm³/mol. The molecule has 23 heavy (non-hydrogen) atoms. The van der Waals surface area contributed by atoms with Gasteiger partial charge in [-0.1, -0.05) is 12.1 Å². The molecule has 0 aliphatic heterocycles. The maximum Gasteiger partial charge on any atom is 0.273 e. The lowest BCUT2D eigenvalue weighted by Gasteiger charge is -2.08. The highest BCUT2D eigenvalue weighted by Crippen LogP contribution is 2.07. The molecule has 0 bridgehead atoms. The van der Waals surface area contributed by atoms with Crippen molar-refractivity contribution in [2.24, 2.45) is 0 Å². The molecule has 120 valence electrons. The third kappa shape index (κ3) is 4.16. The number of hydrogen-bond acceptors (Lipinski definition) is 4. The molecule has 0 aliphatic carbocycles. The Bertz CT molecular complexity index is 742. The standard InChI is InChI=1S/C15H14FN3O4/c1-9-10(6-7-23-9)15(22)19-18-13(20)8-17-14(21)11-4-2-3-5-12(11)16/h2-7H,8H2,1H3,(H,17,21)(H,18,20)(H,19,22). The molecule has 2 rings (SSSR count). The van der Waals surface area contributed by atoms with Crippen LogP contribution in [0.4, 0.5) is 4.39 Å². The van der Waals surface area contributed by atoms with Crippen LogP contribution in [0.25, 0.3) is 0 Å². The number of amides is 3. The Morgan fingerprint density at radius 2 is 1.78 bits per heavy atom. The minimum atomic E-state index is -0.727. The number of hydrogen-bond donors (Lipinski definition) is 3. The highest BCUT2D eigenvalue weighted by atomic mass is 19.1. The molecular weight excluding hydrogens is 305 g/mol. The average Bonchev–Trinajstić information content (AvgIpc) is 2.97. The Labute approximate surface area is 130 Å². The van der Waals surface area contributed by atoms with E-state index in [2.05, 4.69) is 16.2 Å². The molecule has 0 saturated heterocycles. The fourth-order valence-electron chi connectivity index (χ4n) is 1.76. The second-order valence-electron chi connectivity index (χ2n) is 4.56. The van der Waals surface area contributed by atoms with Gasteiger partial charge in [-0.25, -0.2) is 4.39 Å². The van der Waals surface area contributed by atoms with Crippen LogP contribution in [0.2, 0.25) is 0 Å². The first kappa shape index (κ1) is 16.2. The van der Waals surface area contributed by atoms with Crippen LogP contribution >= 0.6 is 0 Å². The topological polar surface area (TPSA) is 100 Å². The number of carbonyl (C=O) groups excluding carboxylic acids is 3. The molecule has 8 heteroatoms. The Morgan fingerprint density at radius 3 is 2.43 bits per heavy atom. The quantitative estimate of drug-likeness (QED) is 0.729. The van der Waals surface area contributed by atoms with Crippen molar-refractivity contribution in [2.45, 2.75) is 6.92 Å². The van der Waals surface area contributed by atoms with Gasteiger partial charge in [0.2, 0.25) is 0 Å². The summed E-state index contributed by atoms with van der Waals surface area (Å²) >= 11 is 0. The molecular formula is C15H14FN3O4. The lowest BCUT2D eigenvalue weighted by Crippen LogP contribution is -2.46. The molecule has 7 nitrogen and oxygen atoms in total. The van der Waals surface area contributed by atoms with Crippen molar-refractivity contribution in [1.29, 1.82) is 0 Å². The summed E-state index contributed by atoms with van der Waals surface area (Å²) in [5.41, 5.74) is 4.42. The molecule has 1 heterocycles. The third-order valence-corrected chi connectivity index (χ3v) is 2.95. The number of rotatable bonds is 4. The van der Waals surface area contributed by atoms with E-state index in [1.807, 2.05) is 0 Å². The molecule has 0 radical (unpaired) electrons. The van der Waals surface area contributed by atoms with E-state index < -0.39 is 30.1 Å². The summed E-state index contributed by atoms with van der Waals surface area (Å²) in [5.74, 6) is -2.22. The van der Waals surface area contributed by atoms with Gasteiger partial charge in [0.15, 0.2) is 0 Å². The molecule has 0 spiro atoms. The van der Waals surface area contributed by atoms with Crippen molar-refractivity contribution in [3.8, 4) is 0 Å². The van der Waals surface area contributed by atoms with E-state index in [0.717, 1.165) is 6.07 Å². The van der Waals surface area contributed by atoms with Crippen LogP contribution in [-0.2, 0) is 4.79 Å². The van der Waals surface area contributed by atoms with E-state index in [9.17, 15) is 18.8 Å². The van der Waals surface area contributed by atoms with Gasteiger partial charge in [0, 0.05) is 0 Å². The van der Waals surface area contributed by atoms with Crippen molar-refractivity contribution in [3.05, 3.63) is 59.3 Å². The van der Waals surface area contributed by atoms with Crippen LogP contribution in [-0.4, -0.2) is 24.3 Å². The Balaban J connectivity index is 1.79. The van der Waals surface area contributed by atoms with Gasteiger partial charge >= 0.3 is 0 Å². The zero-order valence-electron chi connectivity index (χ0n) is 12.2. The minimum absolute atomic E-state index is 0.168. The first-order valence-corrected chi connectivity index (χ1v) is 6.65. The molecule has 0 saturated carbocycles. The van der Waals surface area contributed by atoms with Gasteiger partial charge in [0.05, 0.1) is 23.9 Å². The van der Waals surface area contributed by atoms with Crippen molar-refractivity contribution in [1.82, 2.24) is 16.2 Å². The molecule has 0 unspecified atom stereocenters. The zero-order chi connectivity index (χ0) is 16.8. The van der Waals surface area contributed by atoms with E-state index in [1.54, 1.807) is 6.92 Å². The highest BCUT2D eigenvalue weighted by Gasteiger charge is 2.14. The molecule has 1 aromatic heterocycles. The Kier molecular flexibility index (Phi) is 5.08. The van der Waals surface area contributed by atoms with E-state index in [-0.39, 0.29) is 11.1 Å². The van der Waals surface area contributed by atoms with Gasteiger partial charge in [-0.3, -0.25) is 25.2 Å². The maximum atomic E-state index is 13.4. The lowest BCUT2D eigenvalue weighted by molar-refractivity contribution is -0.120. The second-order valence-corrected chi connectivity index (χ2v) is 4.56. The van der Waals surface area contributed by atoms with E-state index in [0.29, 0.717) is 5.76 Å². The van der Waals surface area contributed by atoms with Gasteiger partial charge in [-0.15, -0.1) is 0 Å². The molecule has 0 aliphatic rings. The van der Waals surface area contributed by atoms with Crippen LogP contribution < -0.4 is 16.2 Å². The number of nitrogens with one attached hydrogen (secondary N) is 3. The number of hydrazine groups is 1. The predicted octanol–water partition coefficient (Wildman–Crippen LogP) is 0.918. The number of aryl methyl sites for hydroxylation is 1. The van der Waals surface area contributed by atoms with Crippen molar-refractivity contribution in [2.75, 3.05) is 6.54 Å². The lowest BCUT2D eigenvalue weighted by atomic mass is 10.2. The normalized spacial score (nSPS) is 10.0. The largest absolute Gasteiger partial charge is 0.469 e. The fraction of sp³-hybridized carbons (Fsp3) is 0.133. The number of halogens is 1. The van der Waals surface area contributed by atoms with Crippen molar-refractivity contribution in [3.63, 3.8) is 0 Å². The molecule has 1 aromatic carbocycles. The first-order chi connectivity index (χ1) is 11.0. The average molecular weight is 319 g/mol. The molecule has 2 aromatic rings. The van der Waals surface area contributed by atoms with Crippen LogP contribution in [0, 0.1) is 12.7 Å². The molecule has 0 fully saturated rings. The van der Waals surface area contributed by atoms with E-state index in [4.69, 9.17) is 4.42 Å². The monoisotopic (exact) mass is 319 g/mol. The van der Waals surface area contributed by atoms with Crippen LogP contribution in [0.5, 0.6) is 0 Å². The van der Waals surface area contributed by atoms with Gasteiger partial charge in [0.1, 0.15) is 11.6 Å². The number of benzene rings is 1. The SMILES string of the molecule is Cc1occc1C(=O)NNC(=O)CNC(=O)c1ccccc1F.